The third-order valence-electron chi connectivity index (χ3n) is 5.31. The van der Waals surface area contributed by atoms with E-state index in [0.29, 0.717) is 4.88 Å². The molecule has 2 aromatic heterocycles. The van der Waals surface area contributed by atoms with Gasteiger partial charge in [-0.05, 0) is 66.7 Å². The predicted octanol–water partition coefficient (Wildman–Crippen LogP) is 5.49. The first kappa shape index (κ1) is 22.8. The summed E-state index contributed by atoms with van der Waals surface area (Å²) < 4.78 is 12.6. The summed E-state index contributed by atoms with van der Waals surface area (Å²) in [5.41, 5.74) is 3.33. The van der Waals surface area contributed by atoms with Gasteiger partial charge in [0.2, 0.25) is 0 Å². The molecule has 4 aromatic rings. The van der Waals surface area contributed by atoms with Crippen LogP contribution in [0, 0.1) is 11.3 Å². The van der Waals surface area contributed by atoms with Gasteiger partial charge in [-0.3, -0.25) is 0 Å². The van der Waals surface area contributed by atoms with Crippen molar-refractivity contribution < 1.29 is 19.4 Å². The fraction of sp³-hybridized carbons (Fsp3) is 0.115. The third-order valence-corrected chi connectivity index (χ3v) is 6.33. The summed E-state index contributed by atoms with van der Waals surface area (Å²) in [6.45, 7) is 0. The van der Waals surface area contributed by atoms with Gasteiger partial charge in [0, 0.05) is 23.1 Å². The molecule has 0 radical (unpaired) electrons. The van der Waals surface area contributed by atoms with Gasteiger partial charge in [-0.15, -0.1) is 11.3 Å². The molecule has 0 unspecified atom stereocenters. The maximum absolute atomic E-state index is 11.2. The highest BCUT2D eigenvalue weighted by Crippen LogP contribution is 2.38. The number of methoxy groups -OCH3 is 2. The van der Waals surface area contributed by atoms with E-state index in [1.54, 1.807) is 26.4 Å². The number of nitriles is 1. The van der Waals surface area contributed by atoms with E-state index in [2.05, 4.69) is 0 Å². The second kappa shape index (κ2) is 9.65. The standard InChI is InChI=1S/C26H21N3O4S/c1-29-24(17-6-10-20(33-3)11-7-17)23(16-4-8-19(32-2)9-5-16)28-25(29)22-13-12-21(34-22)14-18(15-27)26(30)31/h4-14H,1-3H3,(H,30,31)/b18-14+. The molecule has 2 heterocycles. The van der Waals surface area contributed by atoms with E-state index in [9.17, 15) is 4.79 Å². The molecule has 0 saturated heterocycles. The molecule has 34 heavy (non-hydrogen) atoms. The highest BCUT2D eigenvalue weighted by atomic mass is 32.1. The van der Waals surface area contributed by atoms with Gasteiger partial charge in [-0.2, -0.15) is 5.26 Å². The van der Waals surface area contributed by atoms with Crippen LogP contribution in [-0.4, -0.2) is 34.8 Å². The van der Waals surface area contributed by atoms with Gasteiger partial charge in [-0.25, -0.2) is 9.78 Å². The molecule has 7 nitrogen and oxygen atoms in total. The summed E-state index contributed by atoms with van der Waals surface area (Å²) in [5, 5.41) is 18.2. The number of nitrogens with zero attached hydrogens (tertiary/aromatic N) is 3. The second-order valence-electron chi connectivity index (χ2n) is 7.33. The summed E-state index contributed by atoms with van der Waals surface area (Å²) in [5.74, 6) is 0.999. The van der Waals surface area contributed by atoms with E-state index in [0.717, 1.165) is 44.7 Å². The Kier molecular flexibility index (Phi) is 6.48. The van der Waals surface area contributed by atoms with Crippen LogP contribution in [0.25, 0.3) is 39.3 Å². The molecule has 1 N–H and O–H groups in total. The summed E-state index contributed by atoms with van der Waals surface area (Å²) in [6, 6.07) is 20.9. The van der Waals surface area contributed by atoms with E-state index >= 15 is 0 Å². The predicted molar refractivity (Wildman–Crippen MR) is 132 cm³/mol. The highest BCUT2D eigenvalue weighted by molar-refractivity contribution is 7.16. The lowest BCUT2D eigenvalue weighted by Gasteiger charge is -2.09. The summed E-state index contributed by atoms with van der Waals surface area (Å²) >= 11 is 1.37. The lowest BCUT2D eigenvalue weighted by molar-refractivity contribution is -0.132. The largest absolute Gasteiger partial charge is 0.497 e. The monoisotopic (exact) mass is 471 g/mol. The zero-order chi connectivity index (χ0) is 24.2. The minimum atomic E-state index is -1.25. The molecule has 8 heteroatoms. The number of hydrogen-bond donors (Lipinski definition) is 1. The molecular formula is C26H21N3O4S. The second-order valence-corrected chi connectivity index (χ2v) is 8.44. The Labute approximate surface area is 200 Å². The molecule has 0 fully saturated rings. The van der Waals surface area contributed by atoms with Crippen LogP contribution in [0.5, 0.6) is 11.5 Å². The zero-order valence-corrected chi connectivity index (χ0v) is 19.6. The molecular weight excluding hydrogens is 450 g/mol. The molecule has 0 bridgehead atoms. The number of imidazole rings is 1. The van der Waals surface area contributed by atoms with Crippen LogP contribution in [0.4, 0.5) is 0 Å². The Morgan fingerprint density at radius 1 is 1.00 bits per heavy atom. The Balaban J connectivity index is 1.85. The molecule has 0 saturated carbocycles. The topological polar surface area (TPSA) is 97.4 Å². The minimum absolute atomic E-state index is 0.314. The number of aliphatic carboxylic acids is 1. The SMILES string of the molecule is COc1ccc(-c2nc(-c3ccc(/C=C(\C#N)C(=O)O)s3)n(C)c2-c2ccc(OC)cc2)cc1. The van der Waals surface area contributed by atoms with Gasteiger partial charge in [0.05, 0.1) is 30.5 Å². The molecule has 2 aromatic carbocycles. The highest BCUT2D eigenvalue weighted by Gasteiger charge is 2.20. The molecule has 0 atom stereocenters. The van der Waals surface area contributed by atoms with Crippen molar-refractivity contribution in [3.63, 3.8) is 0 Å². The molecule has 0 spiro atoms. The van der Waals surface area contributed by atoms with Crippen LogP contribution in [0.15, 0.2) is 66.2 Å². The summed E-state index contributed by atoms with van der Waals surface area (Å²) in [4.78, 5) is 17.7. The Hall–Kier alpha value is -4.35. The fourth-order valence-electron chi connectivity index (χ4n) is 3.58. The minimum Gasteiger partial charge on any atom is -0.497 e. The van der Waals surface area contributed by atoms with Crippen molar-refractivity contribution in [2.24, 2.45) is 7.05 Å². The number of carboxylic acids is 1. The van der Waals surface area contributed by atoms with Gasteiger partial charge >= 0.3 is 5.97 Å². The number of aromatic nitrogens is 2. The van der Waals surface area contributed by atoms with E-state index in [4.69, 9.17) is 24.8 Å². The number of thiophene rings is 1. The average Bonchev–Trinajstić information content (AvgIpc) is 3.46. The van der Waals surface area contributed by atoms with Crippen molar-refractivity contribution in [3.8, 4) is 50.8 Å². The number of carboxylic acid groups (broad SMARTS) is 1. The quantitative estimate of drug-likeness (QED) is 0.283. The van der Waals surface area contributed by atoms with Crippen LogP contribution >= 0.6 is 11.3 Å². The van der Waals surface area contributed by atoms with Gasteiger partial charge in [0.15, 0.2) is 5.82 Å². The van der Waals surface area contributed by atoms with Crippen molar-refractivity contribution in [1.82, 2.24) is 9.55 Å². The lowest BCUT2D eigenvalue weighted by Crippen LogP contribution is -1.96. The first-order chi connectivity index (χ1) is 16.4. The zero-order valence-electron chi connectivity index (χ0n) is 18.8. The van der Waals surface area contributed by atoms with Crippen LogP contribution in [0.3, 0.4) is 0 Å². The van der Waals surface area contributed by atoms with Crippen LogP contribution in [0.2, 0.25) is 0 Å². The van der Waals surface area contributed by atoms with Gasteiger partial charge in [0.25, 0.3) is 0 Å². The number of ether oxygens (including phenoxy) is 2. The number of rotatable bonds is 7. The van der Waals surface area contributed by atoms with Crippen molar-refractivity contribution in [1.29, 1.82) is 5.26 Å². The first-order valence-corrected chi connectivity index (χ1v) is 11.1. The summed E-state index contributed by atoms with van der Waals surface area (Å²) in [7, 11) is 5.20. The van der Waals surface area contributed by atoms with Crippen LogP contribution in [0.1, 0.15) is 4.88 Å². The smallest absolute Gasteiger partial charge is 0.346 e. The van der Waals surface area contributed by atoms with E-state index in [-0.39, 0.29) is 5.57 Å². The van der Waals surface area contributed by atoms with Crippen molar-refractivity contribution in [2.45, 2.75) is 0 Å². The number of benzene rings is 2. The Morgan fingerprint density at radius 3 is 2.12 bits per heavy atom. The van der Waals surface area contributed by atoms with Crippen molar-refractivity contribution >= 4 is 23.4 Å². The van der Waals surface area contributed by atoms with Crippen LogP contribution in [-0.2, 0) is 11.8 Å². The molecule has 170 valence electrons. The lowest BCUT2D eigenvalue weighted by atomic mass is 10.0. The van der Waals surface area contributed by atoms with Gasteiger partial charge < -0.3 is 19.1 Å². The van der Waals surface area contributed by atoms with Crippen molar-refractivity contribution in [2.75, 3.05) is 14.2 Å². The molecule has 0 aliphatic rings. The number of carbonyl (C=O) groups is 1. The third kappa shape index (κ3) is 4.42. The van der Waals surface area contributed by atoms with Gasteiger partial charge in [-0.1, -0.05) is 0 Å². The van der Waals surface area contributed by atoms with E-state index in [1.165, 1.54) is 17.4 Å². The molecule has 4 rings (SSSR count). The maximum Gasteiger partial charge on any atom is 0.346 e. The maximum atomic E-state index is 11.2. The average molecular weight is 472 g/mol. The van der Waals surface area contributed by atoms with E-state index < -0.39 is 5.97 Å². The van der Waals surface area contributed by atoms with Crippen molar-refractivity contribution in [3.05, 3.63) is 71.1 Å². The normalized spacial score (nSPS) is 11.2. The number of hydrogen-bond acceptors (Lipinski definition) is 6. The summed E-state index contributed by atoms with van der Waals surface area (Å²) in [6.07, 6.45) is 1.37. The fourth-order valence-corrected chi connectivity index (χ4v) is 4.56. The molecule has 0 aliphatic heterocycles. The van der Waals surface area contributed by atoms with Gasteiger partial charge in [0.1, 0.15) is 23.1 Å². The Bertz CT molecular complexity index is 1410. The van der Waals surface area contributed by atoms with E-state index in [1.807, 2.05) is 66.2 Å². The molecule has 0 amide bonds. The molecule has 0 aliphatic carbocycles. The first-order valence-electron chi connectivity index (χ1n) is 10.3. The Morgan fingerprint density at radius 2 is 1.59 bits per heavy atom. The van der Waals surface area contributed by atoms with Crippen LogP contribution < -0.4 is 9.47 Å².